The molecule has 5 N–H and O–H groups in total. The van der Waals surface area contributed by atoms with Gasteiger partial charge >= 0.3 is 11.7 Å². The number of nitrogen functional groups attached to an aromatic ring is 1. The smallest absolute Gasteiger partial charge is 0.334 e. The molecule has 2 aliphatic carbocycles. The number of unbranched alkanes of at least 4 members (excludes halogenated alkanes) is 1. The third-order valence-electron chi connectivity index (χ3n) is 8.76. The molecule has 1 aromatic rings. The first-order valence-electron chi connectivity index (χ1n) is 12.8. The highest BCUT2D eigenvalue weighted by Gasteiger charge is 2.61. The number of ether oxygens (including phenoxy) is 1. The molecule has 5 rings (SSSR count). The standard InChI is InChI=1S/C24H34N6O6/c1-2-3-9-28-18(31)16(17(25)26)19(32)29(22(28)35)14-4-6-23(7-5-14)11-15(12-23)30-21(34)27-20(33)24(30)8-10-36-13-24/h14-15,31H,2-13H2,1H3,(H3,25,26)(H,27,33,34)/t14?,15?,23?,24-/m0/s1. The average molecular weight is 503 g/mol. The molecule has 3 heterocycles. The topological polar surface area (TPSA) is 173 Å². The second-order valence-corrected chi connectivity index (χ2v) is 10.8. The molecule has 2 spiro atoms. The summed E-state index contributed by atoms with van der Waals surface area (Å²) in [6.45, 7) is 2.88. The van der Waals surface area contributed by atoms with Crippen LogP contribution in [0.2, 0.25) is 0 Å². The zero-order chi connectivity index (χ0) is 25.8. The SMILES string of the molecule is CCCCn1c(O)c(C(=N)N)c(=O)n(C2CCC3(CC2)CC(N2C(=O)NC(=O)[C@@]24CCOC4)C3)c1=O. The molecular weight excluding hydrogens is 468 g/mol. The van der Waals surface area contributed by atoms with Crippen LogP contribution in [-0.2, 0) is 16.1 Å². The summed E-state index contributed by atoms with van der Waals surface area (Å²) in [5, 5.41) is 20.8. The number of imide groups is 1. The van der Waals surface area contributed by atoms with Crippen LogP contribution in [0.5, 0.6) is 5.88 Å². The van der Waals surface area contributed by atoms with Crippen LogP contribution in [0.4, 0.5) is 4.79 Å². The summed E-state index contributed by atoms with van der Waals surface area (Å²) in [4.78, 5) is 53.2. The van der Waals surface area contributed by atoms with Gasteiger partial charge in [-0.2, -0.15) is 0 Å². The largest absolute Gasteiger partial charge is 0.494 e. The molecule has 0 radical (unpaired) electrons. The van der Waals surface area contributed by atoms with Gasteiger partial charge in [0.1, 0.15) is 16.9 Å². The number of nitrogens with one attached hydrogen (secondary N) is 2. The van der Waals surface area contributed by atoms with E-state index in [0.717, 1.165) is 36.7 Å². The summed E-state index contributed by atoms with van der Waals surface area (Å²) in [7, 11) is 0. The van der Waals surface area contributed by atoms with Crippen molar-refractivity contribution in [1.29, 1.82) is 5.41 Å². The van der Waals surface area contributed by atoms with Gasteiger partial charge in [0.25, 0.3) is 11.5 Å². The highest BCUT2D eigenvalue weighted by atomic mass is 16.5. The predicted molar refractivity (Wildman–Crippen MR) is 129 cm³/mol. The van der Waals surface area contributed by atoms with Crippen molar-refractivity contribution in [1.82, 2.24) is 19.4 Å². The van der Waals surface area contributed by atoms with Gasteiger partial charge in [-0.25, -0.2) is 9.59 Å². The van der Waals surface area contributed by atoms with Gasteiger partial charge < -0.3 is 20.5 Å². The molecule has 4 aliphatic rings. The number of aromatic hydroxyl groups is 1. The second-order valence-electron chi connectivity index (χ2n) is 10.8. The maximum absolute atomic E-state index is 13.2. The van der Waals surface area contributed by atoms with E-state index in [4.69, 9.17) is 15.9 Å². The van der Waals surface area contributed by atoms with E-state index in [9.17, 15) is 24.3 Å². The molecule has 1 atom stereocenters. The number of hydrogen-bond donors (Lipinski definition) is 4. The Bertz CT molecular complexity index is 1210. The van der Waals surface area contributed by atoms with Crippen LogP contribution < -0.4 is 22.3 Å². The second kappa shape index (κ2) is 8.75. The van der Waals surface area contributed by atoms with Gasteiger partial charge in [-0.3, -0.25) is 29.4 Å². The Balaban J connectivity index is 1.34. The van der Waals surface area contributed by atoms with Gasteiger partial charge in [-0.15, -0.1) is 0 Å². The molecule has 2 saturated carbocycles. The summed E-state index contributed by atoms with van der Waals surface area (Å²) in [5.74, 6) is -1.38. The van der Waals surface area contributed by atoms with Crippen LogP contribution in [-0.4, -0.2) is 61.7 Å². The van der Waals surface area contributed by atoms with Gasteiger partial charge in [0, 0.05) is 31.7 Å². The fraction of sp³-hybridized carbons (Fsp3) is 0.708. The van der Waals surface area contributed by atoms with Crippen molar-refractivity contribution < 1.29 is 19.4 Å². The Morgan fingerprint density at radius 2 is 1.86 bits per heavy atom. The van der Waals surface area contributed by atoms with Gasteiger partial charge in [-0.05, 0) is 50.4 Å². The normalized spacial score (nSPS) is 31.8. The van der Waals surface area contributed by atoms with E-state index < -0.39 is 28.5 Å². The van der Waals surface area contributed by atoms with Gasteiger partial charge in [0.15, 0.2) is 0 Å². The Hall–Kier alpha value is -3.15. The molecule has 196 valence electrons. The highest BCUT2D eigenvalue weighted by molar-refractivity contribution is 6.07. The summed E-state index contributed by atoms with van der Waals surface area (Å²) in [6, 6.07) is -0.742. The predicted octanol–water partition coefficient (Wildman–Crippen LogP) is 0.775. The van der Waals surface area contributed by atoms with E-state index in [1.807, 2.05) is 6.92 Å². The summed E-state index contributed by atoms with van der Waals surface area (Å²) in [6.07, 6.45) is 6.21. The van der Waals surface area contributed by atoms with Crippen molar-refractivity contribution in [2.45, 2.75) is 88.9 Å². The molecule has 0 aromatic carbocycles. The fourth-order valence-electron chi connectivity index (χ4n) is 6.75. The molecule has 1 aromatic heterocycles. The van der Waals surface area contributed by atoms with E-state index in [0.29, 0.717) is 32.3 Å². The Morgan fingerprint density at radius 1 is 1.17 bits per heavy atom. The number of amidine groups is 1. The van der Waals surface area contributed by atoms with Crippen molar-refractivity contribution in [2.75, 3.05) is 13.2 Å². The van der Waals surface area contributed by atoms with E-state index >= 15 is 0 Å². The molecular formula is C24H34N6O6. The minimum atomic E-state index is -0.896. The van der Waals surface area contributed by atoms with E-state index in [1.165, 1.54) is 4.57 Å². The third kappa shape index (κ3) is 3.56. The first-order chi connectivity index (χ1) is 17.1. The van der Waals surface area contributed by atoms with Crippen LogP contribution in [0, 0.1) is 10.8 Å². The van der Waals surface area contributed by atoms with Gasteiger partial charge in [-0.1, -0.05) is 13.3 Å². The Labute approximate surface area is 207 Å². The molecule has 4 fully saturated rings. The molecule has 2 saturated heterocycles. The number of hydrogen-bond acceptors (Lipinski definition) is 7. The molecule has 12 heteroatoms. The van der Waals surface area contributed by atoms with Crippen molar-refractivity contribution in [2.24, 2.45) is 11.1 Å². The van der Waals surface area contributed by atoms with E-state index in [1.54, 1.807) is 4.90 Å². The van der Waals surface area contributed by atoms with Crippen molar-refractivity contribution >= 4 is 17.8 Å². The summed E-state index contributed by atoms with van der Waals surface area (Å²) < 4.78 is 7.80. The van der Waals surface area contributed by atoms with Crippen molar-refractivity contribution in [3.8, 4) is 5.88 Å². The number of aromatic nitrogens is 2. The minimum Gasteiger partial charge on any atom is -0.494 e. The Kier molecular flexibility index (Phi) is 5.97. The maximum atomic E-state index is 13.2. The first-order valence-corrected chi connectivity index (χ1v) is 12.8. The zero-order valence-corrected chi connectivity index (χ0v) is 20.5. The number of amides is 3. The van der Waals surface area contributed by atoms with E-state index in [-0.39, 0.29) is 48.2 Å². The summed E-state index contributed by atoms with van der Waals surface area (Å²) >= 11 is 0. The van der Waals surface area contributed by atoms with Crippen LogP contribution in [0.1, 0.15) is 76.3 Å². The maximum Gasteiger partial charge on any atom is 0.334 e. The first kappa shape index (κ1) is 24.5. The lowest BCUT2D eigenvalue weighted by Gasteiger charge is -2.55. The van der Waals surface area contributed by atoms with Crippen molar-refractivity contribution in [3.05, 3.63) is 26.4 Å². The molecule has 0 unspecified atom stereocenters. The number of urea groups is 1. The fourth-order valence-corrected chi connectivity index (χ4v) is 6.75. The third-order valence-corrected chi connectivity index (χ3v) is 8.76. The lowest BCUT2D eigenvalue weighted by Crippen LogP contribution is -2.61. The lowest BCUT2D eigenvalue weighted by molar-refractivity contribution is -0.130. The van der Waals surface area contributed by atoms with Gasteiger partial charge in [0.2, 0.25) is 5.88 Å². The molecule has 36 heavy (non-hydrogen) atoms. The van der Waals surface area contributed by atoms with Gasteiger partial charge in [0.05, 0.1) is 6.61 Å². The van der Waals surface area contributed by atoms with E-state index in [2.05, 4.69) is 5.32 Å². The van der Waals surface area contributed by atoms with Crippen LogP contribution in [0.15, 0.2) is 9.59 Å². The highest BCUT2D eigenvalue weighted by Crippen LogP contribution is 2.56. The number of carbonyl (C=O) groups is 2. The van der Waals surface area contributed by atoms with Crippen molar-refractivity contribution in [3.63, 3.8) is 0 Å². The monoisotopic (exact) mass is 502 g/mol. The molecule has 0 bridgehead atoms. The summed E-state index contributed by atoms with van der Waals surface area (Å²) in [5.41, 5.74) is 3.09. The van der Waals surface area contributed by atoms with Crippen LogP contribution >= 0.6 is 0 Å². The minimum absolute atomic E-state index is 0.00109. The quantitative estimate of drug-likeness (QED) is 0.253. The van der Waals surface area contributed by atoms with Crippen LogP contribution in [0.3, 0.4) is 0 Å². The van der Waals surface area contributed by atoms with Crippen LogP contribution in [0.25, 0.3) is 0 Å². The Morgan fingerprint density at radius 3 is 2.44 bits per heavy atom. The molecule has 2 aliphatic heterocycles. The lowest BCUT2D eigenvalue weighted by atomic mass is 9.57. The number of nitrogens with two attached hydrogens (primary N) is 1. The number of nitrogens with zero attached hydrogens (tertiary/aromatic N) is 3. The molecule has 3 amide bonds. The number of carbonyl (C=O) groups excluding carboxylic acids is 2. The zero-order valence-electron chi connectivity index (χ0n) is 20.5. The average Bonchev–Trinajstić information content (AvgIpc) is 3.38. The number of rotatable bonds is 6. The molecule has 12 nitrogen and oxygen atoms in total.